The van der Waals surface area contributed by atoms with Crippen LogP contribution >= 0.6 is 0 Å². The molecule has 1 fully saturated rings. The maximum Gasteiger partial charge on any atom is 0.0880 e. The summed E-state index contributed by atoms with van der Waals surface area (Å²) >= 11 is 0. The molecule has 2 nitrogen and oxygen atoms in total. The molecule has 0 bridgehead atoms. The number of hydrogen-bond acceptors (Lipinski definition) is 2. The topological polar surface area (TPSA) is 40.5 Å². The number of rotatable bonds is 0. The van der Waals surface area contributed by atoms with Crippen LogP contribution in [0.25, 0.3) is 0 Å². The summed E-state index contributed by atoms with van der Waals surface area (Å²) < 4.78 is 0. The Hall–Kier alpha value is -0.0800. The molecule has 0 saturated heterocycles. The summed E-state index contributed by atoms with van der Waals surface area (Å²) in [4.78, 5) is 0. The van der Waals surface area contributed by atoms with Crippen LogP contribution in [0.2, 0.25) is 0 Å². The molecule has 10 heavy (non-hydrogen) atoms. The van der Waals surface area contributed by atoms with Crippen LogP contribution in [0.15, 0.2) is 0 Å². The Bertz CT molecular complexity index is 120. The Kier molecular flexibility index (Phi) is 2.02. The van der Waals surface area contributed by atoms with E-state index in [2.05, 4.69) is 0 Å². The fraction of sp³-hybridized carbons (Fsp3) is 1.00. The molecule has 1 rings (SSSR count). The lowest BCUT2D eigenvalue weighted by molar-refractivity contribution is -0.110. The molecule has 1 aliphatic carbocycles. The van der Waals surface area contributed by atoms with Crippen molar-refractivity contribution in [2.75, 3.05) is 0 Å². The van der Waals surface area contributed by atoms with Crippen LogP contribution in [0.1, 0.15) is 33.1 Å². The highest BCUT2D eigenvalue weighted by Gasteiger charge is 2.37. The van der Waals surface area contributed by atoms with E-state index >= 15 is 0 Å². The third-order valence-corrected chi connectivity index (χ3v) is 2.52. The second kappa shape index (κ2) is 2.51. The monoisotopic (exact) mass is 144 g/mol. The van der Waals surface area contributed by atoms with Gasteiger partial charge >= 0.3 is 0 Å². The average Bonchev–Trinajstić information content (AvgIpc) is 1.83. The van der Waals surface area contributed by atoms with Crippen LogP contribution in [0.5, 0.6) is 0 Å². The highest BCUT2D eigenvalue weighted by molar-refractivity contribution is 4.89. The van der Waals surface area contributed by atoms with Gasteiger partial charge in [0.25, 0.3) is 0 Å². The van der Waals surface area contributed by atoms with Crippen molar-refractivity contribution in [2.45, 2.75) is 44.8 Å². The smallest absolute Gasteiger partial charge is 0.0880 e. The van der Waals surface area contributed by atoms with Crippen LogP contribution < -0.4 is 0 Å². The van der Waals surface area contributed by atoms with Gasteiger partial charge in [-0.1, -0.05) is 13.3 Å². The molecule has 60 valence electrons. The quantitative estimate of drug-likeness (QED) is 0.530. The van der Waals surface area contributed by atoms with E-state index < -0.39 is 11.7 Å². The summed E-state index contributed by atoms with van der Waals surface area (Å²) in [5.41, 5.74) is -0.836. The van der Waals surface area contributed by atoms with Gasteiger partial charge in [-0.3, -0.25) is 0 Å². The van der Waals surface area contributed by atoms with Gasteiger partial charge in [0.15, 0.2) is 0 Å². The molecule has 3 atom stereocenters. The van der Waals surface area contributed by atoms with Gasteiger partial charge in [-0.05, 0) is 25.7 Å². The fourth-order valence-electron chi connectivity index (χ4n) is 1.70. The van der Waals surface area contributed by atoms with Gasteiger partial charge in [0.05, 0.1) is 11.7 Å². The zero-order chi connectivity index (χ0) is 7.78. The summed E-state index contributed by atoms with van der Waals surface area (Å²) in [5, 5.41) is 19.0. The Labute approximate surface area is 61.9 Å². The molecular weight excluding hydrogens is 128 g/mol. The van der Waals surface area contributed by atoms with Crippen LogP contribution in [-0.4, -0.2) is 21.9 Å². The standard InChI is InChI=1S/C8H16O2/c1-6-4-3-5-8(2,10)7(6)9/h6-7,9-10H,3-5H2,1-2H3. The van der Waals surface area contributed by atoms with E-state index in [9.17, 15) is 10.2 Å². The zero-order valence-corrected chi connectivity index (χ0v) is 6.67. The van der Waals surface area contributed by atoms with Crippen molar-refractivity contribution >= 4 is 0 Å². The van der Waals surface area contributed by atoms with Crippen molar-refractivity contribution in [2.24, 2.45) is 5.92 Å². The molecule has 0 spiro atoms. The van der Waals surface area contributed by atoms with Gasteiger partial charge in [0.1, 0.15) is 0 Å². The van der Waals surface area contributed by atoms with Crippen LogP contribution in [0.4, 0.5) is 0 Å². The van der Waals surface area contributed by atoms with Gasteiger partial charge in [0, 0.05) is 0 Å². The average molecular weight is 144 g/mol. The van der Waals surface area contributed by atoms with Crippen molar-refractivity contribution in [3.63, 3.8) is 0 Å². The second-order valence-corrected chi connectivity index (χ2v) is 3.67. The molecule has 3 unspecified atom stereocenters. The summed E-state index contributed by atoms with van der Waals surface area (Å²) in [6.07, 6.45) is 2.28. The molecule has 0 radical (unpaired) electrons. The van der Waals surface area contributed by atoms with Crippen molar-refractivity contribution in [1.82, 2.24) is 0 Å². The normalized spacial score (nSPS) is 49.2. The summed E-state index contributed by atoms with van der Waals surface area (Å²) in [5.74, 6) is 0.253. The summed E-state index contributed by atoms with van der Waals surface area (Å²) in [6.45, 7) is 3.70. The number of aliphatic hydroxyl groups excluding tert-OH is 1. The first kappa shape index (κ1) is 8.02. The van der Waals surface area contributed by atoms with Crippen LogP contribution in [-0.2, 0) is 0 Å². The maximum atomic E-state index is 9.56. The zero-order valence-electron chi connectivity index (χ0n) is 6.67. The van der Waals surface area contributed by atoms with Crippen molar-refractivity contribution in [3.8, 4) is 0 Å². The Morgan fingerprint density at radius 1 is 1.50 bits per heavy atom. The molecule has 1 saturated carbocycles. The van der Waals surface area contributed by atoms with Gasteiger partial charge in [-0.15, -0.1) is 0 Å². The minimum Gasteiger partial charge on any atom is -0.390 e. The molecule has 0 amide bonds. The number of hydrogen-bond donors (Lipinski definition) is 2. The Balaban J connectivity index is 2.60. The van der Waals surface area contributed by atoms with Crippen molar-refractivity contribution in [1.29, 1.82) is 0 Å². The molecule has 0 aromatic carbocycles. The first-order chi connectivity index (χ1) is 4.54. The number of aliphatic hydroxyl groups is 2. The Morgan fingerprint density at radius 2 is 2.10 bits per heavy atom. The third kappa shape index (κ3) is 1.32. The van der Waals surface area contributed by atoms with Crippen molar-refractivity contribution < 1.29 is 10.2 Å². The summed E-state index contributed by atoms with van der Waals surface area (Å²) in [7, 11) is 0. The van der Waals surface area contributed by atoms with Gasteiger partial charge in [0.2, 0.25) is 0 Å². The van der Waals surface area contributed by atoms with E-state index in [1.165, 1.54) is 0 Å². The molecule has 0 aromatic rings. The largest absolute Gasteiger partial charge is 0.390 e. The SMILES string of the molecule is CC1CCCC(C)(O)C1O. The van der Waals surface area contributed by atoms with Crippen LogP contribution in [0.3, 0.4) is 0 Å². The van der Waals surface area contributed by atoms with E-state index in [0.29, 0.717) is 0 Å². The first-order valence-electron chi connectivity index (χ1n) is 3.94. The van der Waals surface area contributed by atoms with E-state index in [0.717, 1.165) is 19.3 Å². The lowest BCUT2D eigenvalue weighted by Gasteiger charge is -2.37. The molecule has 0 heterocycles. The van der Waals surface area contributed by atoms with Crippen molar-refractivity contribution in [3.05, 3.63) is 0 Å². The molecular formula is C8H16O2. The predicted octanol–water partition coefficient (Wildman–Crippen LogP) is 0.918. The van der Waals surface area contributed by atoms with E-state index in [4.69, 9.17) is 0 Å². The minimum absolute atomic E-state index is 0.253. The minimum atomic E-state index is -0.836. The van der Waals surface area contributed by atoms with E-state index in [1.807, 2.05) is 6.92 Å². The second-order valence-electron chi connectivity index (χ2n) is 3.67. The molecule has 1 aliphatic rings. The first-order valence-corrected chi connectivity index (χ1v) is 3.94. The Morgan fingerprint density at radius 3 is 2.50 bits per heavy atom. The van der Waals surface area contributed by atoms with Gasteiger partial charge in [-0.2, -0.15) is 0 Å². The highest BCUT2D eigenvalue weighted by Crippen LogP contribution is 2.31. The molecule has 2 heteroatoms. The molecule has 0 aromatic heterocycles. The van der Waals surface area contributed by atoms with E-state index in [1.54, 1.807) is 6.92 Å². The summed E-state index contributed by atoms with van der Waals surface area (Å²) in [6, 6.07) is 0. The van der Waals surface area contributed by atoms with Gasteiger partial charge < -0.3 is 10.2 Å². The maximum absolute atomic E-state index is 9.56. The lowest BCUT2D eigenvalue weighted by Crippen LogP contribution is -2.46. The predicted molar refractivity (Wildman–Crippen MR) is 39.6 cm³/mol. The fourth-order valence-corrected chi connectivity index (χ4v) is 1.70. The highest BCUT2D eigenvalue weighted by atomic mass is 16.3. The lowest BCUT2D eigenvalue weighted by atomic mass is 9.77. The molecule has 0 aliphatic heterocycles. The third-order valence-electron chi connectivity index (χ3n) is 2.52. The van der Waals surface area contributed by atoms with E-state index in [-0.39, 0.29) is 5.92 Å². The molecule has 2 N–H and O–H groups in total. The van der Waals surface area contributed by atoms with Crippen LogP contribution in [0, 0.1) is 5.92 Å². The van der Waals surface area contributed by atoms with Gasteiger partial charge in [-0.25, -0.2) is 0 Å².